The highest BCUT2D eigenvalue weighted by molar-refractivity contribution is 5.95. The molecule has 0 aromatic heterocycles. The van der Waals surface area contributed by atoms with Gasteiger partial charge in [0.05, 0.1) is 12.7 Å². The lowest BCUT2D eigenvalue weighted by Gasteiger charge is -2.32. The normalized spacial score (nSPS) is 16.0. The first kappa shape index (κ1) is 15.6. The lowest BCUT2D eigenvalue weighted by Crippen LogP contribution is -2.40. The number of nitrogen functional groups attached to an aromatic ring is 1. The zero-order valence-electron chi connectivity index (χ0n) is 12.8. The highest BCUT2D eigenvalue weighted by atomic mass is 16.5. The Bertz CT molecular complexity index is 482. The maximum Gasteiger partial charge on any atom is 0.254 e. The number of carbonyl (C=O) groups excluding carboxylic acids is 1. The molecule has 1 amide bonds. The molecule has 1 saturated heterocycles. The van der Waals surface area contributed by atoms with Gasteiger partial charge in [-0.2, -0.15) is 0 Å². The van der Waals surface area contributed by atoms with Crippen LogP contribution in [0.25, 0.3) is 0 Å². The van der Waals surface area contributed by atoms with Crippen molar-refractivity contribution in [3.8, 4) is 5.75 Å². The van der Waals surface area contributed by atoms with Crippen molar-refractivity contribution in [1.29, 1.82) is 0 Å². The van der Waals surface area contributed by atoms with Crippen molar-refractivity contribution in [2.45, 2.75) is 32.8 Å². The van der Waals surface area contributed by atoms with E-state index in [0.717, 1.165) is 32.5 Å². The first-order valence-corrected chi connectivity index (χ1v) is 7.58. The first-order chi connectivity index (χ1) is 10.1. The molecule has 1 aliphatic rings. The largest absolute Gasteiger partial charge is 0.494 e. The van der Waals surface area contributed by atoms with Crippen molar-refractivity contribution in [1.82, 2.24) is 4.90 Å². The van der Waals surface area contributed by atoms with E-state index < -0.39 is 0 Å². The van der Waals surface area contributed by atoms with Crippen molar-refractivity contribution >= 4 is 11.6 Å². The third kappa shape index (κ3) is 4.11. The monoisotopic (exact) mass is 292 g/mol. The van der Waals surface area contributed by atoms with Gasteiger partial charge in [0.25, 0.3) is 5.91 Å². The molecule has 116 valence electrons. The molecule has 1 fully saturated rings. The number of benzene rings is 1. The molecule has 2 N–H and O–H groups in total. The van der Waals surface area contributed by atoms with Gasteiger partial charge in [0.1, 0.15) is 5.75 Å². The van der Waals surface area contributed by atoms with Crippen molar-refractivity contribution in [3.05, 3.63) is 23.8 Å². The average molecular weight is 292 g/mol. The molecule has 1 aliphatic heterocycles. The summed E-state index contributed by atoms with van der Waals surface area (Å²) in [4.78, 5) is 14.4. The van der Waals surface area contributed by atoms with E-state index in [-0.39, 0.29) is 12.0 Å². The van der Waals surface area contributed by atoms with Crippen LogP contribution in [0.15, 0.2) is 18.2 Å². The van der Waals surface area contributed by atoms with Gasteiger partial charge in [-0.15, -0.1) is 0 Å². The summed E-state index contributed by atoms with van der Waals surface area (Å²) in [5.41, 5.74) is 6.99. The van der Waals surface area contributed by atoms with Crippen molar-refractivity contribution in [3.63, 3.8) is 0 Å². The summed E-state index contributed by atoms with van der Waals surface area (Å²) in [7, 11) is 0. The molecule has 0 aliphatic carbocycles. The summed E-state index contributed by atoms with van der Waals surface area (Å²) in [6.45, 7) is 6.63. The Morgan fingerprint density at radius 3 is 2.57 bits per heavy atom. The minimum absolute atomic E-state index is 0.0122. The van der Waals surface area contributed by atoms with Crippen LogP contribution >= 0.6 is 0 Å². The Kier molecular flexibility index (Phi) is 5.44. The zero-order chi connectivity index (χ0) is 15.2. The topological polar surface area (TPSA) is 64.8 Å². The van der Waals surface area contributed by atoms with Crippen molar-refractivity contribution in [2.75, 3.05) is 32.0 Å². The molecular formula is C16H24N2O3. The molecule has 1 heterocycles. The fraction of sp³-hybridized carbons (Fsp3) is 0.562. The highest BCUT2D eigenvalue weighted by Crippen LogP contribution is 2.22. The molecule has 5 nitrogen and oxygen atoms in total. The third-order valence-electron chi connectivity index (χ3n) is 3.62. The fourth-order valence-corrected chi connectivity index (χ4v) is 2.64. The summed E-state index contributed by atoms with van der Waals surface area (Å²) in [5.74, 6) is 0.656. The van der Waals surface area contributed by atoms with E-state index in [9.17, 15) is 4.79 Å². The van der Waals surface area contributed by atoms with Crippen LogP contribution in [-0.2, 0) is 4.74 Å². The Hall–Kier alpha value is -1.75. The van der Waals surface area contributed by atoms with Gasteiger partial charge in [-0.3, -0.25) is 4.79 Å². The van der Waals surface area contributed by atoms with Gasteiger partial charge in [0, 0.05) is 37.0 Å². The molecule has 0 unspecified atom stereocenters. The maximum atomic E-state index is 12.5. The Balaban J connectivity index is 2.03. The van der Waals surface area contributed by atoms with E-state index in [0.29, 0.717) is 23.6 Å². The van der Waals surface area contributed by atoms with Gasteiger partial charge in [-0.25, -0.2) is 0 Å². The summed E-state index contributed by atoms with van der Waals surface area (Å²) in [6, 6.07) is 5.21. The van der Waals surface area contributed by atoms with E-state index in [1.807, 2.05) is 18.7 Å². The van der Waals surface area contributed by atoms with Crippen molar-refractivity contribution < 1.29 is 14.3 Å². The second kappa shape index (κ2) is 7.31. The van der Waals surface area contributed by atoms with Crippen LogP contribution < -0.4 is 10.5 Å². The molecule has 2 rings (SSSR count). The number of likely N-dealkylation sites (tertiary alicyclic amines) is 1. The molecule has 0 bridgehead atoms. The molecule has 0 radical (unpaired) electrons. The molecule has 0 saturated carbocycles. The summed E-state index contributed by atoms with van der Waals surface area (Å²) < 4.78 is 11.1. The highest BCUT2D eigenvalue weighted by Gasteiger charge is 2.24. The second-order valence-electron chi connectivity index (χ2n) is 5.17. The molecule has 1 aromatic rings. The van der Waals surface area contributed by atoms with Crippen LogP contribution in [-0.4, -0.2) is 43.2 Å². The van der Waals surface area contributed by atoms with E-state index in [1.165, 1.54) is 0 Å². The summed E-state index contributed by atoms with van der Waals surface area (Å²) in [5, 5.41) is 0. The molecule has 1 aromatic carbocycles. The number of hydrogen-bond acceptors (Lipinski definition) is 4. The lowest BCUT2D eigenvalue weighted by atomic mass is 10.1. The van der Waals surface area contributed by atoms with Gasteiger partial charge >= 0.3 is 0 Å². The standard InChI is InChI=1S/C16H24N2O3/c1-3-20-14-5-7-18(8-6-14)16(19)12-9-13(17)11-15(10-12)21-4-2/h9-11,14H,3-8,17H2,1-2H3. The quantitative estimate of drug-likeness (QED) is 0.846. The van der Waals surface area contributed by atoms with Crippen LogP contribution in [0.4, 0.5) is 5.69 Å². The molecule has 0 spiro atoms. The predicted octanol–water partition coefficient (Wildman–Crippen LogP) is 2.31. The number of hydrogen-bond donors (Lipinski definition) is 1. The Labute approximate surface area is 126 Å². The molecule has 0 atom stereocenters. The van der Waals surface area contributed by atoms with Gasteiger partial charge in [-0.05, 0) is 38.8 Å². The number of piperidine rings is 1. The van der Waals surface area contributed by atoms with E-state index in [1.54, 1.807) is 18.2 Å². The minimum Gasteiger partial charge on any atom is -0.494 e. The smallest absolute Gasteiger partial charge is 0.254 e. The van der Waals surface area contributed by atoms with Gasteiger partial charge in [0.15, 0.2) is 0 Å². The second-order valence-corrected chi connectivity index (χ2v) is 5.17. The van der Waals surface area contributed by atoms with Crippen LogP contribution in [0.3, 0.4) is 0 Å². The number of nitrogens with zero attached hydrogens (tertiary/aromatic N) is 1. The number of anilines is 1. The third-order valence-corrected chi connectivity index (χ3v) is 3.62. The van der Waals surface area contributed by atoms with Gasteiger partial charge in [0.2, 0.25) is 0 Å². The minimum atomic E-state index is 0.0122. The lowest BCUT2D eigenvalue weighted by molar-refractivity contribution is 0.0146. The van der Waals surface area contributed by atoms with Crippen molar-refractivity contribution in [2.24, 2.45) is 0 Å². The van der Waals surface area contributed by atoms with Gasteiger partial charge < -0.3 is 20.1 Å². The van der Waals surface area contributed by atoms with E-state index in [4.69, 9.17) is 15.2 Å². The maximum absolute atomic E-state index is 12.5. The summed E-state index contributed by atoms with van der Waals surface area (Å²) in [6.07, 6.45) is 2.05. The van der Waals surface area contributed by atoms with E-state index >= 15 is 0 Å². The number of rotatable bonds is 5. The van der Waals surface area contributed by atoms with Gasteiger partial charge in [-0.1, -0.05) is 0 Å². The molecule has 5 heteroatoms. The van der Waals surface area contributed by atoms with Crippen LogP contribution in [0.1, 0.15) is 37.0 Å². The average Bonchev–Trinajstić information content (AvgIpc) is 2.47. The van der Waals surface area contributed by atoms with Crippen LogP contribution in [0.5, 0.6) is 5.75 Å². The van der Waals surface area contributed by atoms with Crippen LogP contribution in [0, 0.1) is 0 Å². The summed E-state index contributed by atoms with van der Waals surface area (Å²) >= 11 is 0. The molecule has 21 heavy (non-hydrogen) atoms. The predicted molar refractivity (Wildman–Crippen MR) is 82.6 cm³/mol. The molecular weight excluding hydrogens is 268 g/mol. The van der Waals surface area contributed by atoms with Crippen LogP contribution in [0.2, 0.25) is 0 Å². The number of nitrogens with two attached hydrogens (primary N) is 1. The van der Waals surface area contributed by atoms with E-state index in [2.05, 4.69) is 0 Å². The Morgan fingerprint density at radius 1 is 1.24 bits per heavy atom. The number of ether oxygens (including phenoxy) is 2. The SMILES string of the molecule is CCOc1cc(N)cc(C(=O)N2CCC(OCC)CC2)c1. The number of amides is 1. The zero-order valence-corrected chi connectivity index (χ0v) is 12.8. The Morgan fingerprint density at radius 2 is 1.95 bits per heavy atom. The first-order valence-electron chi connectivity index (χ1n) is 7.58. The number of carbonyl (C=O) groups is 1. The fourth-order valence-electron chi connectivity index (χ4n) is 2.64.